The highest BCUT2D eigenvalue weighted by Crippen LogP contribution is 2.40. The Morgan fingerprint density at radius 3 is 2.90 bits per heavy atom. The average molecular weight is 485 g/mol. The minimum Gasteiger partial charge on any atom is -0.477 e. The number of carbonyl (C=O) groups excluding carboxylic acids is 2. The van der Waals surface area contributed by atoms with E-state index in [2.05, 4.69) is 20.8 Å². The third-order valence-electron chi connectivity index (χ3n) is 4.40. The van der Waals surface area contributed by atoms with Gasteiger partial charge in [0.1, 0.15) is 22.8 Å². The molecular weight excluding hydrogens is 464 g/mol. The number of anilines is 1. The van der Waals surface area contributed by atoms with Crippen molar-refractivity contribution in [2.45, 2.75) is 11.4 Å². The van der Waals surface area contributed by atoms with Crippen LogP contribution in [0.2, 0.25) is 0 Å². The fraction of sp³-hybridized carbons (Fsp3) is 0.353. The first kappa shape index (κ1) is 23.1. The molecule has 1 saturated heterocycles. The number of carboxylic acids is 1. The van der Waals surface area contributed by atoms with Crippen molar-refractivity contribution in [3.05, 3.63) is 33.8 Å². The summed E-state index contributed by atoms with van der Waals surface area (Å²) in [5, 5.41) is 30.2. The summed E-state index contributed by atoms with van der Waals surface area (Å²) in [6.45, 7) is 0.815. The smallest absolute Gasteiger partial charge is 0.352 e. The Bertz CT molecular complexity index is 975. The Morgan fingerprint density at radius 2 is 2.29 bits per heavy atom. The molecule has 0 spiro atoms. The molecule has 166 valence electrons. The molecule has 1 aromatic rings. The highest BCUT2D eigenvalue weighted by molar-refractivity contribution is 8.02. The Kier molecular flexibility index (Phi) is 7.59. The highest BCUT2D eigenvalue weighted by Gasteiger charge is 2.54. The molecule has 2 amide bonds. The molecule has 2 atom stereocenters. The maximum atomic E-state index is 12.7. The van der Waals surface area contributed by atoms with Crippen LogP contribution in [-0.2, 0) is 14.4 Å². The number of carbonyl (C=O) groups is 3. The molecule has 0 bridgehead atoms. The van der Waals surface area contributed by atoms with Gasteiger partial charge >= 0.3 is 5.97 Å². The molecule has 3 rings (SSSR count). The first-order chi connectivity index (χ1) is 14.9. The monoisotopic (exact) mass is 484 g/mol. The summed E-state index contributed by atoms with van der Waals surface area (Å²) in [6.07, 6.45) is 1.70. The number of rotatable bonds is 9. The summed E-state index contributed by atoms with van der Waals surface area (Å²) in [6, 6.07) is -0.949. The number of thioether (sulfide) groups is 2. The second kappa shape index (κ2) is 10.2. The number of oxime groups is 1. The van der Waals surface area contributed by atoms with Gasteiger partial charge in [-0.1, -0.05) is 5.16 Å². The summed E-state index contributed by atoms with van der Waals surface area (Å²) in [5.41, 5.74) is 5.68. The first-order valence-electron chi connectivity index (χ1n) is 8.97. The third-order valence-corrected chi connectivity index (χ3v) is 7.15. The van der Waals surface area contributed by atoms with Gasteiger partial charge in [0.05, 0.1) is 0 Å². The van der Waals surface area contributed by atoms with Crippen LogP contribution in [0.4, 0.5) is 5.13 Å². The number of aromatic nitrogens is 1. The number of carboxylic acid groups (broad SMARTS) is 1. The predicted octanol–water partition coefficient (Wildman–Crippen LogP) is 0.109. The van der Waals surface area contributed by atoms with Crippen LogP contribution in [0.25, 0.3) is 0 Å². The molecule has 11 nitrogen and oxygen atoms in total. The van der Waals surface area contributed by atoms with Crippen molar-refractivity contribution in [1.29, 1.82) is 0 Å². The maximum absolute atomic E-state index is 12.7. The van der Waals surface area contributed by atoms with Gasteiger partial charge in [0, 0.05) is 23.4 Å². The number of allylic oxidation sites excluding steroid dienone is 1. The lowest BCUT2D eigenvalue weighted by molar-refractivity contribution is -0.150. The van der Waals surface area contributed by atoms with Crippen LogP contribution in [-0.4, -0.2) is 80.2 Å². The largest absolute Gasteiger partial charge is 0.477 e. The van der Waals surface area contributed by atoms with Crippen LogP contribution in [0.1, 0.15) is 5.69 Å². The summed E-state index contributed by atoms with van der Waals surface area (Å²) in [4.78, 5) is 42.1. The van der Waals surface area contributed by atoms with Gasteiger partial charge in [-0.3, -0.25) is 14.5 Å². The maximum Gasteiger partial charge on any atom is 0.352 e. The standard InChI is InChI=1S/C17H20N6O5S3/c1-19-3-5-29-4-2-8-6-30-15-11(14(25)23(15)12(8)16(26)27)21-13(24)10(22-28)9-7-31-17(18)20-9/h2,4,7,11,15,19,28H,3,5-6H2,1H3,(H2,18,20)(H,21,24)(H,26,27)/b4-2+,22-10?/t11-,15-/m1/s1. The Hall–Kier alpha value is -2.55. The van der Waals surface area contributed by atoms with E-state index in [0.29, 0.717) is 11.3 Å². The Labute approximate surface area is 189 Å². The van der Waals surface area contributed by atoms with Gasteiger partial charge in [-0.15, -0.1) is 34.9 Å². The van der Waals surface area contributed by atoms with E-state index < -0.39 is 29.2 Å². The lowest BCUT2D eigenvalue weighted by Gasteiger charge is -2.49. The van der Waals surface area contributed by atoms with E-state index in [1.807, 2.05) is 12.5 Å². The number of amides is 2. The topological polar surface area (TPSA) is 170 Å². The van der Waals surface area contributed by atoms with Gasteiger partial charge in [-0.25, -0.2) is 9.78 Å². The minimum absolute atomic E-state index is 0.0803. The zero-order chi connectivity index (χ0) is 22.5. The van der Waals surface area contributed by atoms with Crippen molar-refractivity contribution < 1.29 is 24.7 Å². The summed E-state index contributed by atoms with van der Waals surface area (Å²) >= 11 is 3.94. The van der Waals surface area contributed by atoms with Crippen LogP contribution in [0.5, 0.6) is 0 Å². The van der Waals surface area contributed by atoms with E-state index in [1.165, 1.54) is 33.8 Å². The van der Waals surface area contributed by atoms with Crippen LogP contribution in [0.15, 0.2) is 33.3 Å². The number of β-lactam (4-membered cyclic amide) rings is 1. The molecule has 14 heteroatoms. The highest BCUT2D eigenvalue weighted by atomic mass is 32.2. The Balaban J connectivity index is 1.72. The molecule has 0 aromatic carbocycles. The quantitative estimate of drug-likeness (QED) is 0.107. The van der Waals surface area contributed by atoms with Crippen LogP contribution in [0, 0.1) is 0 Å². The number of thiazole rings is 1. The van der Waals surface area contributed by atoms with E-state index in [0.717, 1.165) is 23.6 Å². The molecule has 31 heavy (non-hydrogen) atoms. The zero-order valence-electron chi connectivity index (χ0n) is 16.3. The third kappa shape index (κ3) is 4.87. The van der Waals surface area contributed by atoms with E-state index in [1.54, 1.807) is 6.08 Å². The van der Waals surface area contributed by atoms with E-state index >= 15 is 0 Å². The van der Waals surface area contributed by atoms with Gasteiger partial charge in [-0.2, -0.15) is 0 Å². The van der Waals surface area contributed by atoms with Crippen molar-refractivity contribution in [3.63, 3.8) is 0 Å². The molecule has 2 aliphatic rings. The second-order valence-electron chi connectivity index (χ2n) is 6.34. The number of nitrogens with one attached hydrogen (secondary N) is 2. The number of hydrogen-bond donors (Lipinski definition) is 5. The fourth-order valence-corrected chi connectivity index (χ4v) is 5.53. The predicted molar refractivity (Wildman–Crippen MR) is 120 cm³/mol. The van der Waals surface area contributed by atoms with Gasteiger partial charge in [0.15, 0.2) is 10.8 Å². The molecule has 3 heterocycles. The van der Waals surface area contributed by atoms with E-state index in [-0.39, 0.29) is 22.2 Å². The molecule has 2 aliphatic heterocycles. The van der Waals surface area contributed by atoms with Gasteiger partial charge in [0.2, 0.25) is 0 Å². The lowest BCUT2D eigenvalue weighted by Crippen LogP contribution is -2.71. The number of hydrogen-bond acceptors (Lipinski definition) is 11. The van der Waals surface area contributed by atoms with Gasteiger partial charge in [0.25, 0.3) is 11.8 Å². The van der Waals surface area contributed by atoms with Crippen molar-refractivity contribution in [3.8, 4) is 0 Å². The van der Waals surface area contributed by atoms with Crippen LogP contribution >= 0.6 is 34.9 Å². The summed E-state index contributed by atoms with van der Waals surface area (Å²) in [5.74, 6) is -1.37. The number of fused-ring (bicyclic) bond motifs is 1. The average Bonchev–Trinajstić information content (AvgIpc) is 3.17. The summed E-state index contributed by atoms with van der Waals surface area (Å²) < 4.78 is 0. The van der Waals surface area contributed by atoms with Crippen molar-refractivity contribution in [2.24, 2.45) is 5.16 Å². The molecule has 0 radical (unpaired) electrons. The molecule has 1 aromatic heterocycles. The lowest BCUT2D eigenvalue weighted by atomic mass is 10.0. The minimum atomic E-state index is -1.21. The Morgan fingerprint density at radius 1 is 1.52 bits per heavy atom. The zero-order valence-corrected chi connectivity index (χ0v) is 18.7. The number of nitrogens with two attached hydrogens (primary N) is 1. The van der Waals surface area contributed by atoms with Crippen LogP contribution < -0.4 is 16.4 Å². The second-order valence-corrected chi connectivity index (χ2v) is 9.35. The van der Waals surface area contributed by atoms with E-state index in [9.17, 15) is 24.7 Å². The number of nitrogens with zero attached hydrogens (tertiary/aromatic N) is 3. The van der Waals surface area contributed by atoms with Crippen molar-refractivity contribution in [1.82, 2.24) is 20.5 Å². The number of aliphatic carboxylic acids is 1. The molecule has 0 unspecified atom stereocenters. The molecule has 0 aliphatic carbocycles. The van der Waals surface area contributed by atoms with Crippen LogP contribution in [0.3, 0.4) is 0 Å². The first-order valence-corrected chi connectivity index (χ1v) is 11.9. The number of nitrogen functional groups attached to an aromatic ring is 1. The molecule has 1 fully saturated rings. The molecule has 6 N–H and O–H groups in total. The van der Waals surface area contributed by atoms with Crippen molar-refractivity contribution in [2.75, 3.05) is 30.8 Å². The van der Waals surface area contributed by atoms with Gasteiger partial charge in [-0.05, 0) is 24.1 Å². The summed E-state index contributed by atoms with van der Waals surface area (Å²) in [7, 11) is 1.85. The van der Waals surface area contributed by atoms with Crippen molar-refractivity contribution >= 4 is 63.5 Å². The van der Waals surface area contributed by atoms with Gasteiger partial charge < -0.3 is 26.7 Å². The normalized spacial score (nSPS) is 21.3. The molecular formula is C17H20N6O5S3. The molecule has 0 saturated carbocycles. The fourth-order valence-electron chi connectivity index (χ4n) is 2.95. The van der Waals surface area contributed by atoms with E-state index in [4.69, 9.17) is 5.73 Å². The SMILES string of the molecule is CNCCS/C=C/C1=C(C(=O)O)N2C(=O)[C@@H](NC(=O)C(=NO)c3csc(N)n3)[C@H]2SC1.